The van der Waals surface area contributed by atoms with Crippen LogP contribution in [0.5, 0.6) is 11.5 Å². The summed E-state index contributed by atoms with van der Waals surface area (Å²) in [6.45, 7) is -0.382. The van der Waals surface area contributed by atoms with Gasteiger partial charge in [0.2, 0.25) is 18.6 Å². The van der Waals surface area contributed by atoms with E-state index in [-0.39, 0.29) is 19.9 Å². The third kappa shape index (κ3) is 4.76. The first-order chi connectivity index (χ1) is 13.4. The van der Waals surface area contributed by atoms with E-state index in [1.165, 1.54) is 42.3 Å². The van der Waals surface area contributed by atoms with Crippen molar-refractivity contribution in [3.63, 3.8) is 0 Å². The van der Waals surface area contributed by atoms with E-state index >= 15 is 0 Å². The molecule has 3 rings (SSSR count). The van der Waals surface area contributed by atoms with Gasteiger partial charge in [0.1, 0.15) is 5.82 Å². The Morgan fingerprint density at radius 1 is 1.07 bits per heavy atom. The second-order valence-electron chi connectivity index (χ2n) is 6.06. The molecule has 2 N–H and O–H groups in total. The first kappa shape index (κ1) is 19.2. The highest BCUT2D eigenvalue weighted by atomic mass is 19.1. The van der Waals surface area contributed by atoms with Gasteiger partial charge in [-0.2, -0.15) is 0 Å². The van der Waals surface area contributed by atoms with Crippen LogP contribution in [0, 0.1) is 5.82 Å². The van der Waals surface area contributed by atoms with Crippen LogP contribution in [0.25, 0.3) is 0 Å². The molecular formula is C19H18FN3O5. The summed E-state index contributed by atoms with van der Waals surface area (Å²) in [6, 6.07) is 9.98. The lowest BCUT2D eigenvalue weighted by molar-refractivity contribution is -0.132. The van der Waals surface area contributed by atoms with E-state index in [1.807, 2.05) is 0 Å². The van der Waals surface area contributed by atoms with Crippen LogP contribution in [-0.2, 0) is 9.59 Å². The SMILES string of the molecule is CN(CC(=O)Nc1ccc(F)cc1)C(=O)CNC(=O)c1ccc2c(c1)OCO2. The molecule has 3 amide bonds. The van der Waals surface area contributed by atoms with Crippen LogP contribution in [-0.4, -0.2) is 49.6 Å². The fourth-order valence-corrected chi connectivity index (χ4v) is 2.47. The number of carbonyl (C=O) groups is 3. The average Bonchev–Trinajstić information content (AvgIpc) is 3.15. The maximum atomic E-state index is 12.9. The maximum Gasteiger partial charge on any atom is 0.251 e. The number of benzene rings is 2. The van der Waals surface area contributed by atoms with Gasteiger partial charge < -0.3 is 25.0 Å². The van der Waals surface area contributed by atoms with Gasteiger partial charge >= 0.3 is 0 Å². The van der Waals surface area contributed by atoms with Gasteiger partial charge in [0, 0.05) is 18.3 Å². The number of ether oxygens (including phenoxy) is 2. The molecule has 1 aliphatic heterocycles. The quantitative estimate of drug-likeness (QED) is 0.781. The molecule has 0 fully saturated rings. The molecule has 0 spiro atoms. The van der Waals surface area contributed by atoms with Gasteiger partial charge in [-0.1, -0.05) is 0 Å². The van der Waals surface area contributed by atoms with E-state index in [0.717, 1.165) is 0 Å². The molecular weight excluding hydrogens is 369 g/mol. The zero-order valence-corrected chi connectivity index (χ0v) is 15.0. The molecule has 9 heteroatoms. The van der Waals surface area contributed by atoms with E-state index in [1.54, 1.807) is 12.1 Å². The Kier molecular flexibility index (Phi) is 5.73. The van der Waals surface area contributed by atoms with Crippen molar-refractivity contribution in [1.82, 2.24) is 10.2 Å². The van der Waals surface area contributed by atoms with E-state index in [2.05, 4.69) is 10.6 Å². The number of likely N-dealkylation sites (N-methyl/N-ethyl adjacent to an activating group) is 1. The molecule has 28 heavy (non-hydrogen) atoms. The van der Waals surface area contributed by atoms with Crippen LogP contribution in [0.3, 0.4) is 0 Å². The van der Waals surface area contributed by atoms with Crippen molar-refractivity contribution in [1.29, 1.82) is 0 Å². The third-order valence-corrected chi connectivity index (χ3v) is 3.97. The third-order valence-electron chi connectivity index (χ3n) is 3.97. The molecule has 0 saturated heterocycles. The summed E-state index contributed by atoms with van der Waals surface area (Å²) >= 11 is 0. The Labute approximate surface area is 160 Å². The largest absolute Gasteiger partial charge is 0.454 e. The lowest BCUT2D eigenvalue weighted by atomic mass is 10.2. The highest BCUT2D eigenvalue weighted by Crippen LogP contribution is 2.32. The smallest absolute Gasteiger partial charge is 0.251 e. The summed E-state index contributed by atoms with van der Waals surface area (Å²) in [7, 11) is 1.44. The summed E-state index contributed by atoms with van der Waals surface area (Å²) in [5, 5.41) is 5.06. The van der Waals surface area contributed by atoms with Gasteiger partial charge in [0.05, 0.1) is 13.1 Å². The molecule has 2 aromatic carbocycles. The summed E-state index contributed by atoms with van der Waals surface area (Å²) in [4.78, 5) is 37.5. The van der Waals surface area contributed by atoms with E-state index in [4.69, 9.17) is 9.47 Å². The number of nitrogens with one attached hydrogen (secondary N) is 2. The number of hydrogen-bond acceptors (Lipinski definition) is 5. The molecule has 2 aromatic rings. The van der Waals surface area contributed by atoms with Gasteiger partial charge in [-0.05, 0) is 42.5 Å². The van der Waals surface area contributed by atoms with Gasteiger partial charge in [-0.15, -0.1) is 0 Å². The van der Waals surface area contributed by atoms with Crippen LogP contribution in [0.15, 0.2) is 42.5 Å². The number of amides is 3. The molecule has 0 radical (unpaired) electrons. The number of hydrogen-bond donors (Lipinski definition) is 2. The lowest BCUT2D eigenvalue weighted by Crippen LogP contribution is -2.41. The van der Waals surface area contributed by atoms with Crippen LogP contribution in [0.2, 0.25) is 0 Å². The fraction of sp³-hybridized carbons (Fsp3) is 0.211. The highest BCUT2D eigenvalue weighted by Gasteiger charge is 2.18. The minimum atomic E-state index is -0.448. The Hall–Kier alpha value is -3.62. The molecule has 1 heterocycles. The molecule has 0 unspecified atom stereocenters. The molecule has 0 saturated carbocycles. The van der Waals surface area contributed by atoms with Crippen LogP contribution in [0.1, 0.15) is 10.4 Å². The molecule has 8 nitrogen and oxygen atoms in total. The van der Waals surface area contributed by atoms with Crippen molar-refractivity contribution < 1.29 is 28.2 Å². The van der Waals surface area contributed by atoms with E-state index in [0.29, 0.717) is 22.7 Å². The van der Waals surface area contributed by atoms with E-state index in [9.17, 15) is 18.8 Å². The minimum absolute atomic E-state index is 0.101. The first-order valence-electron chi connectivity index (χ1n) is 8.39. The topological polar surface area (TPSA) is 97.0 Å². The molecule has 146 valence electrons. The van der Waals surface area contributed by atoms with Crippen molar-refractivity contribution >= 4 is 23.4 Å². The van der Waals surface area contributed by atoms with Crippen LogP contribution < -0.4 is 20.1 Å². The monoisotopic (exact) mass is 387 g/mol. The molecule has 1 aliphatic rings. The normalized spacial score (nSPS) is 11.6. The standard InChI is InChI=1S/C19H18FN3O5/c1-23(10-17(24)22-14-5-3-13(20)4-6-14)18(25)9-21-19(26)12-2-7-15-16(8-12)28-11-27-15/h2-8H,9-11H2,1H3,(H,21,26)(H,22,24). The van der Waals surface area contributed by atoms with Gasteiger partial charge in [0.15, 0.2) is 11.5 Å². The number of nitrogens with zero attached hydrogens (tertiary/aromatic N) is 1. The van der Waals surface area contributed by atoms with Crippen LogP contribution in [0.4, 0.5) is 10.1 Å². The zero-order valence-electron chi connectivity index (χ0n) is 15.0. The van der Waals surface area contributed by atoms with Crippen molar-refractivity contribution in [3.8, 4) is 11.5 Å². The summed E-state index contributed by atoms with van der Waals surface area (Å²) in [6.07, 6.45) is 0. The molecule has 0 atom stereocenters. The molecule has 0 aliphatic carbocycles. The van der Waals surface area contributed by atoms with Crippen molar-refractivity contribution in [3.05, 3.63) is 53.8 Å². The maximum absolute atomic E-state index is 12.9. The van der Waals surface area contributed by atoms with Gasteiger partial charge in [-0.25, -0.2) is 4.39 Å². The molecule has 0 bridgehead atoms. The Morgan fingerprint density at radius 3 is 2.54 bits per heavy atom. The average molecular weight is 387 g/mol. The minimum Gasteiger partial charge on any atom is -0.454 e. The Balaban J connectivity index is 1.46. The zero-order chi connectivity index (χ0) is 20.1. The van der Waals surface area contributed by atoms with Gasteiger partial charge in [-0.3, -0.25) is 14.4 Å². The predicted octanol–water partition coefficient (Wildman–Crippen LogP) is 1.38. The van der Waals surface area contributed by atoms with Crippen LogP contribution >= 0.6 is 0 Å². The summed E-state index contributed by atoms with van der Waals surface area (Å²) < 4.78 is 23.3. The molecule has 0 aromatic heterocycles. The van der Waals surface area contributed by atoms with Crippen molar-refractivity contribution in [2.45, 2.75) is 0 Å². The number of fused-ring (bicyclic) bond motifs is 1. The lowest BCUT2D eigenvalue weighted by Gasteiger charge is -2.17. The second-order valence-corrected chi connectivity index (χ2v) is 6.06. The van der Waals surface area contributed by atoms with Crippen molar-refractivity contribution in [2.24, 2.45) is 0 Å². The summed E-state index contributed by atoms with van der Waals surface area (Å²) in [5.74, 6) is -0.722. The first-order valence-corrected chi connectivity index (χ1v) is 8.39. The number of rotatable bonds is 6. The van der Waals surface area contributed by atoms with Gasteiger partial charge in [0.25, 0.3) is 5.91 Å². The Morgan fingerprint density at radius 2 is 1.79 bits per heavy atom. The number of carbonyl (C=O) groups excluding carboxylic acids is 3. The fourth-order valence-electron chi connectivity index (χ4n) is 2.47. The summed E-state index contributed by atoms with van der Waals surface area (Å²) in [5.41, 5.74) is 0.747. The predicted molar refractivity (Wildman–Crippen MR) is 97.6 cm³/mol. The van der Waals surface area contributed by atoms with Crippen molar-refractivity contribution in [2.75, 3.05) is 32.2 Å². The highest BCUT2D eigenvalue weighted by molar-refractivity contribution is 5.98. The number of halogens is 1. The second kappa shape index (κ2) is 8.38. The Bertz CT molecular complexity index is 901. The number of anilines is 1. The van der Waals surface area contributed by atoms with E-state index < -0.39 is 23.5 Å².